The molecule has 6 heteroatoms. The minimum absolute atomic E-state index is 0.127. The third-order valence-corrected chi connectivity index (χ3v) is 5.87. The minimum atomic E-state index is -2.97. The summed E-state index contributed by atoms with van der Waals surface area (Å²) in [5.74, 6) is 0.473. The number of fused-ring (bicyclic) bond motifs is 1. The zero-order valence-corrected chi connectivity index (χ0v) is 11.2. The highest BCUT2D eigenvalue weighted by Crippen LogP contribution is 2.33. The Hall–Kier alpha value is -1.17. The van der Waals surface area contributed by atoms with Crippen molar-refractivity contribution in [3.63, 3.8) is 0 Å². The first-order valence-corrected chi connectivity index (χ1v) is 8.04. The van der Waals surface area contributed by atoms with E-state index in [1.54, 1.807) is 10.9 Å². The highest BCUT2D eigenvalue weighted by Gasteiger charge is 2.42. The lowest BCUT2D eigenvalue weighted by Crippen LogP contribution is -2.34. The summed E-state index contributed by atoms with van der Waals surface area (Å²) in [5.41, 5.74) is 1.13. The molecular weight excluding hydrogens is 252 g/mol. The average Bonchev–Trinajstić information content (AvgIpc) is 2.82. The van der Waals surface area contributed by atoms with Gasteiger partial charge < -0.3 is 0 Å². The van der Waals surface area contributed by atoms with Gasteiger partial charge in [-0.2, -0.15) is 5.10 Å². The van der Waals surface area contributed by atoms with Crippen LogP contribution in [0, 0.1) is 0 Å². The fourth-order valence-electron chi connectivity index (χ4n) is 3.02. The predicted molar refractivity (Wildman–Crippen MR) is 66.4 cm³/mol. The van der Waals surface area contributed by atoms with Crippen molar-refractivity contribution in [3.05, 3.63) is 17.5 Å². The fourth-order valence-corrected chi connectivity index (χ4v) is 5.13. The maximum absolute atomic E-state index is 11.8. The average molecular weight is 268 g/mol. The molecule has 1 atom stereocenters. The number of sulfone groups is 1. The number of rotatable bonds is 1. The second-order valence-electron chi connectivity index (χ2n) is 5.53. The van der Waals surface area contributed by atoms with Crippen molar-refractivity contribution in [3.8, 4) is 0 Å². The Balaban J connectivity index is 2.06. The van der Waals surface area contributed by atoms with E-state index in [9.17, 15) is 13.2 Å². The number of Topliss-reactive ketones (excluding diaryl/α,β-unsaturated/α-hetero) is 1. The van der Waals surface area contributed by atoms with Crippen LogP contribution in [0.25, 0.3) is 0 Å². The summed E-state index contributed by atoms with van der Waals surface area (Å²) < 4.78 is 25.1. The molecule has 1 unspecified atom stereocenters. The van der Waals surface area contributed by atoms with Crippen molar-refractivity contribution < 1.29 is 13.2 Å². The molecule has 0 radical (unpaired) electrons. The first-order valence-electron chi connectivity index (χ1n) is 6.22. The first kappa shape index (κ1) is 11.9. The van der Waals surface area contributed by atoms with Gasteiger partial charge in [0.1, 0.15) is 0 Å². The van der Waals surface area contributed by atoms with Gasteiger partial charge in [-0.15, -0.1) is 0 Å². The number of carbonyl (C=O) groups excluding carboxylic acids is 1. The van der Waals surface area contributed by atoms with Crippen LogP contribution in [0.4, 0.5) is 0 Å². The Morgan fingerprint density at radius 1 is 1.39 bits per heavy atom. The van der Waals surface area contributed by atoms with Crippen molar-refractivity contribution >= 4 is 15.6 Å². The van der Waals surface area contributed by atoms with Gasteiger partial charge in [-0.3, -0.25) is 9.48 Å². The Labute approximate surface area is 106 Å². The van der Waals surface area contributed by atoms with E-state index in [0.717, 1.165) is 18.5 Å². The van der Waals surface area contributed by atoms with E-state index in [1.807, 2.05) is 6.92 Å². The summed E-state index contributed by atoms with van der Waals surface area (Å²) in [6.45, 7) is 1.92. The van der Waals surface area contributed by atoms with E-state index >= 15 is 0 Å². The molecule has 0 N–H and O–H groups in total. The standard InChI is InChI=1S/C12H16N2O3S/c1-12(5-6-18(16,17)8-12)14-10-3-2-4-11(15)9(10)7-13-14/h7H,2-6,8H2,1H3. The topological polar surface area (TPSA) is 69.0 Å². The van der Waals surface area contributed by atoms with Crippen LogP contribution in [0.2, 0.25) is 0 Å². The van der Waals surface area contributed by atoms with Crippen LogP contribution in [-0.2, 0) is 21.8 Å². The van der Waals surface area contributed by atoms with Gasteiger partial charge in [0.25, 0.3) is 0 Å². The molecule has 1 saturated heterocycles. The van der Waals surface area contributed by atoms with Gasteiger partial charge in [-0.25, -0.2) is 8.42 Å². The van der Waals surface area contributed by atoms with Crippen LogP contribution >= 0.6 is 0 Å². The van der Waals surface area contributed by atoms with Crippen LogP contribution in [0.3, 0.4) is 0 Å². The number of aromatic nitrogens is 2. The van der Waals surface area contributed by atoms with Gasteiger partial charge in [0.2, 0.25) is 0 Å². The maximum Gasteiger partial charge on any atom is 0.166 e. The maximum atomic E-state index is 11.8. The van der Waals surface area contributed by atoms with Crippen molar-refractivity contribution in [2.75, 3.05) is 11.5 Å². The van der Waals surface area contributed by atoms with Crippen molar-refractivity contribution in [2.24, 2.45) is 0 Å². The van der Waals surface area contributed by atoms with Gasteiger partial charge in [-0.05, 0) is 26.2 Å². The van der Waals surface area contributed by atoms with Gasteiger partial charge in [0.15, 0.2) is 15.6 Å². The Morgan fingerprint density at radius 3 is 2.83 bits per heavy atom. The smallest absolute Gasteiger partial charge is 0.166 e. The summed E-state index contributed by atoms with van der Waals surface area (Å²) in [4.78, 5) is 11.8. The summed E-state index contributed by atoms with van der Waals surface area (Å²) >= 11 is 0. The molecule has 98 valence electrons. The lowest BCUT2D eigenvalue weighted by atomic mass is 9.94. The van der Waals surface area contributed by atoms with Crippen LogP contribution in [-0.4, -0.2) is 35.5 Å². The minimum Gasteiger partial charge on any atom is -0.294 e. The molecule has 2 heterocycles. The van der Waals surface area contributed by atoms with Crippen LogP contribution in [0.15, 0.2) is 6.20 Å². The summed E-state index contributed by atoms with van der Waals surface area (Å²) in [6, 6.07) is 0. The molecule has 18 heavy (non-hydrogen) atoms. The molecule has 5 nitrogen and oxygen atoms in total. The van der Waals surface area contributed by atoms with E-state index in [4.69, 9.17) is 0 Å². The Morgan fingerprint density at radius 2 is 2.17 bits per heavy atom. The van der Waals surface area contributed by atoms with E-state index in [0.29, 0.717) is 18.4 Å². The summed E-state index contributed by atoms with van der Waals surface area (Å²) in [5, 5.41) is 4.30. The monoisotopic (exact) mass is 268 g/mol. The van der Waals surface area contributed by atoms with Gasteiger partial charge in [-0.1, -0.05) is 0 Å². The van der Waals surface area contributed by atoms with Crippen molar-refractivity contribution in [2.45, 2.75) is 38.1 Å². The van der Waals surface area contributed by atoms with Crippen LogP contribution < -0.4 is 0 Å². The van der Waals surface area contributed by atoms with Gasteiger partial charge >= 0.3 is 0 Å². The normalized spacial score (nSPS) is 30.4. The number of hydrogen-bond acceptors (Lipinski definition) is 4. The van der Waals surface area contributed by atoms with Crippen molar-refractivity contribution in [1.82, 2.24) is 9.78 Å². The third-order valence-electron chi connectivity index (χ3n) is 3.98. The first-order chi connectivity index (χ1) is 8.41. The molecule has 0 saturated carbocycles. The van der Waals surface area contributed by atoms with E-state index in [2.05, 4.69) is 5.10 Å². The zero-order valence-electron chi connectivity index (χ0n) is 10.3. The summed E-state index contributed by atoms with van der Waals surface area (Å²) in [6.07, 6.45) is 4.41. The molecule has 0 amide bonds. The second-order valence-corrected chi connectivity index (χ2v) is 7.72. The van der Waals surface area contributed by atoms with E-state index in [-0.39, 0.29) is 17.3 Å². The number of hydrogen-bond donors (Lipinski definition) is 0. The van der Waals surface area contributed by atoms with E-state index < -0.39 is 15.4 Å². The SMILES string of the molecule is CC1(n2ncc3c2CCCC3=O)CCS(=O)(=O)C1. The highest BCUT2D eigenvalue weighted by atomic mass is 32.2. The predicted octanol–water partition coefficient (Wildman–Crippen LogP) is 0.936. The molecule has 0 bridgehead atoms. The summed E-state index contributed by atoms with van der Waals surface area (Å²) in [7, 11) is -2.97. The number of carbonyl (C=O) groups is 1. The molecule has 0 aromatic carbocycles. The molecule has 1 aliphatic heterocycles. The lowest BCUT2D eigenvalue weighted by Gasteiger charge is -2.26. The molecule has 1 aromatic rings. The zero-order chi connectivity index (χ0) is 13.0. The third kappa shape index (κ3) is 1.70. The molecule has 1 fully saturated rings. The Bertz CT molecular complexity index is 617. The Kier molecular flexibility index (Phi) is 2.42. The van der Waals surface area contributed by atoms with Crippen LogP contribution in [0.1, 0.15) is 42.2 Å². The molecule has 3 rings (SSSR count). The quantitative estimate of drug-likeness (QED) is 0.760. The molecule has 1 aromatic heterocycles. The molecule has 1 aliphatic carbocycles. The highest BCUT2D eigenvalue weighted by molar-refractivity contribution is 7.91. The van der Waals surface area contributed by atoms with Crippen molar-refractivity contribution in [1.29, 1.82) is 0 Å². The number of ketones is 1. The van der Waals surface area contributed by atoms with Gasteiger partial charge in [0.05, 0.1) is 28.8 Å². The van der Waals surface area contributed by atoms with Gasteiger partial charge in [0, 0.05) is 12.1 Å². The molecule has 0 spiro atoms. The second kappa shape index (κ2) is 3.66. The lowest BCUT2D eigenvalue weighted by molar-refractivity contribution is 0.0971. The molecular formula is C12H16N2O3S. The largest absolute Gasteiger partial charge is 0.294 e. The fraction of sp³-hybridized carbons (Fsp3) is 0.667. The molecule has 2 aliphatic rings. The number of nitrogens with zero attached hydrogens (tertiary/aromatic N) is 2. The van der Waals surface area contributed by atoms with Crippen LogP contribution in [0.5, 0.6) is 0 Å². The van der Waals surface area contributed by atoms with E-state index in [1.165, 1.54) is 0 Å².